The lowest BCUT2D eigenvalue weighted by Gasteiger charge is -2.15. The lowest BCUT2D eigenvalue weighted by atomic mass is 10.0. The molecule has 4 heteroatoms. The van der Waals surface area contributed by atoms with E-state index in [9.17, 15) is 8.78 Å². The predicted octanol–water partition coefficient (Wildman–Crippen LogP) is 3.58. The van der Waals surface area contributed by atoms with Gasteiger partial charge in [0.2, 0.25) is 0 Å². The van der Waals surface area contributed by atoms with Gasteiger partial charge >= 0.3 is 0 Å². The number of hydrogen-bond donors (Lipinski definition) is 1. The Morgan fingerprint density at radius 2 is 1.95 bits per heavy atom. The van der Waals surface area contributed by atoms with Crippen LogP contribution in [0.4, 0.5) is 8.78 Å². The van der Waals surface area contributed by atoms with Crippen LogP contribution < -0.4 is 5.32 Å². The van der Waals surface area contributed by atoms with Crippen molar-refractivity contribution in [2.45, 2.75) is 38.1 Å². The zero-order valence-corrected chi connectivity index (χ0v) is 12.0. The molecule has 2 aromatic rings. The largest absolute Gasteiger partial charge is 0.347 e. The molecule has 1 aromatic carbocycles. The van der Waals surface area contributed by atoms with Gasteiger partial charge in [0.05, 0.1) is 5.52 Å². The van der Waals surface area contributed by atoms with Crippen LogP contribution in [-0.2, 0) is 13.0 Å². The minimum Gasteiger partial charge on any atom is -0.347 e. The molecule has 1 N–H and O–H groups in total. The summed E-state index contributed by atoms with van der Waals surface area (Å²) in [6.07, 6.45) is 6.16. The third kappa shape index (κ3) is 2.12. The molecule has 0 saturated heterocycles. The van der Waals surface area contributed by atoms with Gasteiger partial charge < -0.3 is 9.88 Å². The van der Waals surface area contributed by atoms with Gasteiger partial charge in [-0.15, -0.1) is 0 Å². The summed E-state index contributed by atoms with van der Waals surface area (Å²) >= 11 is 0. The number of aromatic nitrogens is 1. The molecule has 4 rings (SSSR count). The first-order chi connectivity index (χ1) is 9.67. The Hall–Kier alpha value is -1.42. The first-order valence-electron chi connectivity index (χ1n) is 7.25. The highest BCUT2D eigenvalue weighted by Gasteiger charge is 2.31. The van der Waals surface area contributed by atoms with Gasteiger partial charge in [-0.3, -0.25) is 0 Å². The van der Waals surface area contributed by atoms with Crippen molar-refractivity contribution in [2.75, 3.05) is 14.1 Å². The maximum absolute atomic E-state index is 14.0. The molecule has 2 aliphatic rings. The summed E-state index contributed by atoms with van der Waals surface area (Å²) in [4.78, 5) is 0. The van der Waals surface area contributed by atoms with E-state index in [2.05, 4.69) is 9.88 Å². The standard InChI is InChI=1S/C14H13F2N.C2H7N/c15-11-6-9-2-1-5-17-7-10(8-3-4-8)12(13(11)16)14(9)17;1-3-2/h6-8H,1-5H2;3H,1-2H3. The van der Waals surface area contributed by atoms with E-state index in [4.69, 9.17) is 0 Å². The second kappa shape index (κ2) is 5.17. The number of hydrogen-bond acceptors (Lipinski definition) is 1. The Morgan fingerprint density at radius 3 is 2.60 bits per heavy atom. The van der Waals surface area contributed by atoms with Crippen molar-refractivity contribution in [1.29, 1.82) is 0 Å². The molecule has 0 radical (unpaired) electrons. The summed E-state index contributed by atoms with van der Waals surface area (Å²) < 4.78 is 29.7. The Bertz CT molecular complexity index is 642. The maximum atomic E-state index is 14.0. The second-order valence-corrected chi connectivity index (χ2v) is 5.71. The fraction of sp³-hybridized carbons (Fsp3) is 0.500. The number of benzene rings is 1. The molecule has 0 bridgehead atoms. The van der Waals surface area contributed by atoms with Gasteiger partial charge in [-0.2, -0.15) is 0 Å². The fourth-order valence-electron chi connectivity index (χ4n) is 3.07. The van der Waals surface area contributed by atoms with Crippen molar-refractivity contribution >= 4 is 10.9 Å². The van der Waals surface area contributed by atoms with Gasteiger partial charge in [-0.05, 0) is 62.9 Å². The average molecular weight is 278 g/mol. The quantitative estimate of drug-likeness (QED) is 0.843. The van der Waals surface area contributed by atoms with Crippen LogP contribution >= 0.6 is 0 Å². The number of aryl methyl sites for hydroxylation is 2. The molecule has 1 saturated carbocycles. The topological polar surface area (TPSA) is 17.0 Å². The lowest BCUT2D eigenvalue weighted by molar-refractivity contribution is 0.513. The van der Waals surface area contributed by atoms with E-state index in [0.717, 1.165) is 48.9 Å². The highest BCUT2D eigenvalue weighted by molar-refractivity contribution is 5.89. The summed E-state index contributed by atoms with van der Waals surface area (Å²) in [5, 5.41) is 3.31. The van der Waals surface area contributed by atoms with Crippen molar-refractivity contribution in [2.24, 2.45) is 0 Å². The summed E-state index contributed by atoms with van der Waals surface area (Å²) in [6.45, 7) is 0.932. The molecule has 0 unspecified atom stereocenters. The summed E-state index contributed by atoms with van der Waals surface area (Å²) in [5.74, 6) is -0.874. The molecule has 108 valence electrons. The Labute approximate surface area is 117 Å². The number of rotatable bonds is 1. The van der Waals surface area contributed by atoms with Gasteiger partial charge in [-0.1, -0.05) is 0 Å². The summed E-state index contributed by atoms with van der Waals surface area (Å²) in [5.41, 5.74) is 2.94. The first-order valence-corrected chi connectivity index (χ1v) is 7.25. The second-order valence-electron chi connectivity index (χ2n) is 5.71. The smallest absolute Gasteiger partial charge is 0.168 e. The lowest BCUT2D eigenvalue weighted by Crippen LogP contribution is -2.07. The number of nitrogens with zero attached hydrogens (tertiary/aromatic N) is 1. The highest BCUT2D eigenvalue weighted by atomic mass is 19.2. The van der Waals surface area contributed by atoms with E-state index in [1.165, 1.54) is 6.07 Å². The molecule has 20 heavy (non-hydrogen) atoms. The van der Waals surface area contributed by atoms with Crippen LogP contribution in [0.1, 0.15) is 36.3 Å². The average Bonchev–Trinajstić information content (AvgIpc) is 3.19. The van der Waals surface area contributed by atoms with Crippen molar-refractivity contribution in [3.8, 4) is 0 Å². The van der Waals surface area contributed by atoms with Crippen LogP contribution in [0, 0.1) is 11.6 Å². The van der Waals surface area contributed by atoms with Crippen LogP contribution in [0.15, 0.2) is 12.3 Å². The minimum atomic E-state index is -0.686. The van der Waals surface area contributed by atoms with Crippen LogP contribution in [0.5, 0.6) is 0 Å². The zero-order valence-electron chi connectivity index (χ0n) is 12.0. The highest BCUT2D eigenvalue weighted by Crippen LogP contribution is 2.46. The van der Waals surface area contributed by atoms with Gasteiger partial charge in [0.1, 0.15) is 0 Å². The summed E-state index contributed by atoms with van der Waals surface area (Å²) in [7, 11) is 3.75. The molecule has 1 aromatic heterocycles. The predicted molar refractivity (Wildman–Crippen MR) is 77.1 cm³/mol. The maximum Gasteiger partial charge on any atom is 0.168 e. The Balaban J connectivity index is 0.000000373. The normalized spacial score (nSPS) is 17.0. The molecule has 2 nitrogen and oxygen atoms in total. The molecule has 2 heterocycles. The first kappa shape index (κ1) is 13.6. The SMILES string of the molecule is CNC.Fc1cc2c3c(c(C4CC4)cn3CCC2)c1F. The van der Waals surface area contributed by atoms with E-state index in [1.807, 2.05) is 20.3 Å². The van der Waals surface area contributed by atoms with E-state index >= 15 is 0 Å². The molecule has 1 aliphatic carbocycles. The van der Waals surface area contributed by atoms with Crippen molar-refractivity contribution in [3.63, 3.8) is 0 Å². The molecular formula is C16H20F2N2. The van der Waals surface area contributed by atoms with Crippen LogP contribution in [-0.4, -0.2) is 18.7 Å². The third-order valence-electron chi connectivity index (χ3n) is 4.00. The molecular weight excluding hydrogens is 258 g/mol. The van der Waals surface area contributed by atoms with E-state index in [-0.39, 0.29) is 0 Å². The fourth-order valence-corrected chi connectivity index (χ4v) is 3.07. The van der Waals surface area contributed by atoms with E-state index < -0.39 is 11.6 Å². The third-order valence-corrected chi connectivity index (χ3v) is 4.00. The van der Waals surface area contributed by atoms with Crippen LogP contribution in [0.2, 0.25) is 0 Å². The van der Waals surface area contributed by atoms with Gasteiger partial charge in [-0.25, -0.2) is 8.78 Å². The van der Waals surface area contributed by atoms with E-state index in [1.54, 1.807) is 0 Å². The summed E-state index contributed by atoms with van der Waals surface area (Å²) in [6, 6.07) is 1.38. The van der Waals surface area contributed by atoms with Gasteiger partial charge in [0, 0.05) is 18.1 Å². The van der Waals surface area contributed by atoms with Crippen molar-refractivity contribution in [1.82, 2.24) is 9.88 Å². The minimum absolute atomic E-state index is 0.459. The zero-order chi connectivity index (χ0) is 14.3. The van der Waals surface area contributed by atoms with Gasteiger partial charge in [0.25, 0.3) is 0 Å². The molecule has 0 spiro atoms. The number of nitrogens with one attached hydrogen (secondary N) is 1. The Kier molecular flexibility index (Phi) is 3.50. The molecule has 1 fully saturated rings. The van der Waals surface area contributed by atoms with Crippen molar-refractivity contribution < 1.29 is 8.78 Å². The Morgan fingerprint density at radius 1 is 1.25 bits per heavy atom. The van der Waals surface area contributed by atoms with Gasteiger partial charge in [0.15, 0.2) is 11.6 Å². The van der Waals surface area contributed by atoms with E-state index in [0.29, 0.717) is 11.3 Å². The van der Waals surface area contributed by atoms with Crippen LogP contribution in [0.3, 0.4) is 0 Å². The van der Waals surface area contributed by atoms with Crippen molar-refractivity contribution in [3.05, 3.63) is 35.0 Å². The molecule has 0 atom stereocenters. The van der Waals surface area contributed by atoms with Crippen LogP contribution in [0.25, 0.3) is 10.9 Å². The monoisotopic (exact) mass is 278 g/mol. The molecule has 1 aliphatic heterocycles. The number of halogens is 2. The molecule has 0 amide bonds.